The number of pyridine rings is 1. The molecule has 9 aromatic carbocycles. The van der Waals surface area contributed by atoms with E-state index in [2.05, 4.69) is 170 Å². The van der Waals surface area contributed by atoms with Crippen molar-refractivity contribution in [2.45, 2.75) is 5.41 Å². The molecule has 0 radical (unpaired) electrons. The zero-order chi connectivity index (χ0) is 41.7. The van der Waals surface area contributed by atoms with E-state index in [0.717, 1.165) is 55.4 Å². The lowest BCUT2D eigenvalue weighted by Crippen LogP contribution is -2.28. The Kier molecular flexibility index (Phi) is 8.68. The summed E-state index contributed by atoms with van der Waals surface area (Å²) in [6, 6.07) is 81.8. The van der Waals surface area contributed by atoms with Crippen LogP contribution in [0.15, 0.2) is 231 Å². The molecule has 0 spiro atoms. The maximum atomic E-state index is 5.44. The molecule has 0 amide bonds. The van der Waals surface area contributed by atoms with Gasteiger partial charge >= 0.3 is 0 Å². The molecule has 0 aliphatic heterocycles. The standard InChI is InChI=1S/C59H38N4/c1-5-18-40(19-6-1)56-61-57(41-20-7-2-8-21-41)63-58(62-56)42-34-32-39(33-35-42)43-22-17-23-44(38-43)55-49-36-37-51-54(53(49)48-29-14-16-31-52(48)60-55)47-28-13-15-30-50(47)59(51,45-24-9-3-10-25-45)46-26-11-4-12-27-46/h1-38H. The van der Waals surface area contributed by atoms with E-state index in [9.17, 15) is 0 Å². The van der Waals surface area contributed by atoms with E-state index in [1.807, 2.05) is 60.7 Å². The number of hydrogen-bond acceptors (Lipinski definition) is 4. The first-order valence-electron chi connectivity index (χ1n) is 21.4. The highest BCUT2D eigenvalue weighted by atomic mass is 15.0. The number of nitrogens with zero attached hydrogens (tertiary/aromatic N) is 4. The van der Waals surface area contributed by atoms with Gasteiger partial charge in [0, 0.05) is 38.4 Å². The van der Waals surface area contributed by atoms with Crippen molar-refractivity contribution in [1.29, 1.82) is 0 Å². The molecule has 4 heteroatoms. The van der Waals surface area contributed by atoms with Crippen LogP contribution in [0.25, 0.3) is 89.4 Å². The van der Waals surface area contributed by atoms with Crippen LogP contribution in [0.2, 0.25) is 0 Å². The van der Waals surface area contributed by atoms with E-state index in [0.29, 0.717) is 17.5 Å². The van der Waals surface area contributed by atoms with Gasteiger partial charge in [0.25, 0.3) is 0 Å². The minimum atomic E-state index is -0.493. The number of benzene rings is 9. The molecule has 0 unspecified atom stereocenters. The molecule has 0 N–H and O–H groups in total. The van der Waals surface area contributed by atoms with Gasteiger partial charge in [0.2, 0.25) is 0 Å². The summed E-state index contributed by atoms with van der Waals surface area (Å²) in [7, 11) is 0. The molecule has 1 aliphatic rings. The quantitative estimate of drug-likeness (QED) is 0.151. The fourth-order valence-corrected chi connectivity index (χ4v) is 9.79. The topological polar surface area (TPSA) is 51.6 Å². The zero-order valence-electron chi connectivity index (χ0n) is 34.2. The molecule has 12 rings (SSSR count). The van der Waals surface area contributed by atoms with Crippen molar-refractivity contribution in [3.05, 3.63) is 253 Å². The minimum absolute atomic E-state index is 0.493. The Morgan fingerprint density at radius 2 is 0.794 bits per heavy atom. The van der Waals surface area contributed by atoms with Crippen molar-refractivity contribution < 1.29 is 0 Å². The van der Waals surface area contributed by atoms with Crippen LogP contribution in [-0.2, 0) is 5.41 Å². The molecule has 2 aromatic heterocycles. The van der Waals surface area contributed by atoms with Crippen molar-refractivity contribution in [2.75, 3.05) is 0 Å². The summed E-state index contributed by atoms with van der Waals surface area (Å²) in [6.07, 6.45) is 0. The van der Waals surface area contributed by atoms with Crippen LogP contribution in [0.5, 0.6) is 0 Å². The van der Waals surface area contributed by atoms with Crippen LogP contribution >= 0.6 is 0 Å². The minimum Gasteiger partial charge on any atom is -0.247 e. The maximum Gasteiger partial charge on any atom is 0.164 e. The molecular weight excluding hydrogens is 765 g/mol. The van der Waals surface area contributed by atoms with Crippen molar-refractivity contribution in [3.8, 4) is 67.7 Å². The zero-order valence-corrected chi connectivity index (χ0v) is 34.2. The Hall–Kier alpha value is -8.34. The van der Waals surface area contributed by atoms with Crippen LogP contribution in [-0.4, -0.2) is 19.9 Å². The molecule has 294 valence electrons. The first-order valence-corrected chi connectivity index (χ1v) is 21.4. The molecule has 2 heterocycles. The lowest BCUT2D eigenvalue weighted by molar-refractivity contribution is 0.769. The summed E-state index contributed by atoms with van der Waals surface area (Å²) in [6.45, 7) is 0. The van der Waals surface area contributed by atoms with Gasteiger partial charge in [-0.3, -0.25) is 0 Å². The predicted octanol–water partition coefficient (Wildman–Crippen LogP) is 14.3. The Bertz CT molecular complexity index is 3380. The summed E-state index contributed by atoms with van der Waals surface area (Å²) in [4.78, 5) is 20.2. The van der Waals surface area contributed by atoms with Crippen molar-refractivity contribution >= 4 is 21.7 Å². The van der Waals surface area contributed by atoms with Crippen LogP contribution in [0.1, 0.15) is 22.3 Å². The number of hydrogen-bond donors (Lipinski definition) is 0. The van der Waals surface area contributed by atoms with E-state index in [1.54, 1.807) is 0 Å². The average molecular weight is 803 g/mol. The highest BCUT2D eigenvalue weighted by Gasteiger charge is 2.46. The molecule has 1 aliphatic carbocycles. The molecule has 11 aromatic rings. The van der Waals surface area contributed by atoms with E-state index < -0.39 is 5.41 Å². The smallest absolute Gasteiger partial charge is 0.164 e. The summed E-state index contributed by atoms with van der Waals surface area (Å²) < 4.78 is 0. The third kappa shape index (κ3) is 5.99. The Morgan fingerprint density at radius 3 is 1.43 bits per heavy atom. The molecule has 0 fully saturated rings. The number of fused-ring (bicyclic) bond motifs is 7. The summed E-state index contributed by atoms with van der Waals surface area (Å²) >= 11 is 0. The molecule has 63 heavy (non-hydrogen) atoms. The summed E-state index contributed by atoms with van der Waals surface area (Å²) in [5.74, 6) is 1.92. The van der Waals surface area contributed by atoms with Gasteiger partial charge in [-0.1, -0.05) is 218 Å². The van der Waals surface area contributed by atoms with E-state index in [-0.39, 0.29) is 0 Å². The maximum absolute atomic E-state index is 5.44. The molecule has 0 saturated carbocycles. The number of para-hydroxylation sites is 1. The van der Waals surface area contributed by atoms with Crippen LogP contribution < -0.4 is 0 Å². The first-order chi connectivity index (χ1) is 31.2. The number of rotatable bonds is 7. The van der Waals surface area contributed by atoms with Gasteiger partial charge in [-0.2, -0.15) is 0 Å². The lowest BCUT2D eigenvalue weighted by Gasteiger charge is -2.34. The Balaban J connectivity index is 1.00. The average Bonchev–Trinajstić information content (AvgIpc) is 3.68. The van der Waals surface area contributed by atoms with Gasteiger partial charge in [0.05, 0.1) is 16.6 Å². The third-order valence-corrected chi connectivity index (χ3v) is 12.6. The van der Waals surface area contributed by atoms with Crippen LogP contribution in [0, 0.1) is 0 Å². The van der Waals surface area contributed by atoms with Gasteiger partial charge in [-0.05, 0) is 56.6 Å². The highest BCUT2D eigenvalue weighted by Crippen LogP contribution is 2.58. The van der Waals surface area contributed by atoms with E-state index in [4.69, 9.17) is 19.9 Å². The van der Waals surface area contributed by atoms with Crippen LogP contribution in [0.3, 0.4) is 0 Å². The second kappa shape index (κ2) is 15.0. The van der Waals surface area contributed by atoms with Crippen molar-refractivity contribution in [3.63, 3.8) is 0 Å². The van der Waals surface area contributed by atoms with E-state index >= 15 is 0 Å². The molecule has 4 nitrogen and oxygen atoms in total. The second-order valence-corrected chi connectivity index (χ2v) is 16.1. The molecule has 0 atom stereocenters. The monoisotopic (exact) mass is 802 g/mol. The SMILES string of the molecule is c1ccc(-c2nc(-c3ccccc3)nc(-c3ccc(-c4cccc(-c5nc6ccccc6c6c7c(ccc56)C(c5ccccc5)(c5ccccc5)c5ccccc5-7)c4)cc3)n2)cc1. The summed E-state index contributed by atoms with van der Waals surface area (Å²) in [5, 5.41) is 3.51. The fraction of sp³-hybridized carbons (Fsp3) is 0.0169. The molecule has 0 saturated heterocycles. The second-order valence-electron chi connectivity index (χ2n) is 16.1. The summed E-state index contributed by atoms with van der Waals surface area (Å²) in [5.41, 5.74) is 15.1. The fourth-order valence-electron chi connectivity index (χ4n) is 9.79. The van der Waals surface area contributed by atoms with Gasteiger partial charge in [0.1, 0.15) is 0 Å². The van der Waals surface area contributed by atoms with Gasteiger partial charge < -0.3 is 0 Å². The first kappa shape index (κ1) is 36.5. The highest BCUT2D eigenvalue weighted by molar-refractivity contribution is 6.19. The third-order valence-electron chi connectivity index (χ3n) is 12.6. The molecular formula is C59H38N4. The lowest BCUT2D eigenvalue weighted by atomic mass is 9.67. The van der Waals surface area contributed by atoms with Gasteiger partial charge in [0.15, 0.2) is 17.5 Å². The Labute approximate surface area is 365 Å². The van der Waals surface area contributed by atoms with Crippen LogP contribution in [0.4, 0.5) is 0 Å². The van der Waals surface area contributed by atoms with E-state index in [1.165, 1.54) is 38.8 Å². The molecule has 0 bridgehead atoms. The normalized spacial score (nSPS) is 12.6. The predicted molar refractivity (Wildman–Crippen MR) is 257 cm³/mol. The van der Waals surface area contributed by atoms with Gasteiger partial charge in [-0.25, -0.2) is 19.9 Å². The number of aromatic nitrogens is 4. The van der Waals surface area contributed by atoms with Gasteiger partial charge in [-0.15, -0.1) is 0 Å². The van der Waals surface area contributed by atoms with Crippen molar-refractivity contribution in [2.24, 2.45) is 0 Å². The largest absolute Gasteiger partial charge is 0.247 e. The van der Waals surface area contributed by atoms with Crippen molar-refractivity contribution in [1.82, 2.24) is 19.9 Å². The Morgan fingerprint density at radius 1 is 0.302 bits per heavy atom.